The van der Waals surface area contributed by atoms with Gasteiger partial charge in [-0.3, -0.25) is 4.99 Å². The van der Waals surface area contributed by atoms with E-state index >= 15 is 0 Å². The smallest absolute Gasteiger partial charge is 0.195 e. The zero-order valence-corrected chi connectivity index (χ0v) is 18.7. The van der Waals surface area contributed by atoms with E-state index in [1.807, 2.05) is 18.2 Å². The molecule has 0 atom stereocenters. The predicted molar refractivity (Wildman–Crippen MR) is 123 cm³/mol. The van der Waals surface area contributed by atoms with Crippen molar-refractivity contribution >= 4 is 23.0 Å². The Balaban J connectivity index is 1.60. The first kappa shape index (κ1) is 22.4. The summed E-state index contributed by atoms with van der Waals surface area (Å²) >= 11 is 1.78. The molecule has 0 saturated heterocycles. The molecule has 0 amide bonds. The zero-order valence-electron chi connectivity index (χ0n) is 17.9. The summed E-state index contributed by atoms with van der Waals surface area (Å²) in [7, 11) is 3.80. The van der Waals surface area contributed by atoms with Gasteiger partial charge in [0, 0.05) is 49.8 Å². The fourth-order valence-corrected chi connectivity index (χ4v) is 3.68. The van der Waals surface area contributed by atoms with Crippen molar-refractivity contribution in [2.24, 2.45) is 4.99 Å². The minimum atomic E-state index is 0.671. The molecule has 0 radical (unpaired) electrons. The number of anilines is 1. The van der Waals surface area contributed by atoms with Crippen LogP contribution in [0.4, 0.5) is 5.69 Å². The molecule has 2 N–H and O–H groups in total. The SMILES string of the molecule is COCCN(C)CCN=C(NCCc1cccs1)Nc1ccc2c(c1)OCCCO2. The highest BCUT2D eigenvalue weighted by molar-refractivity contribution is 7.09. The third-order valence-corrected chi connectivity index (χ3v) is 5.62. The van der Waals surface area contributed by atoms with Gasteiger partial charge >= 0.3 is 0 Å². The number of fused-ring (bicyclic) bond motifs is 1. The van der Waals surface area contributed by atoms with Crippen molar-refractivity contribution in [1.82, 2.24) is 10.2 Å². The minimum Gasteiger partial charge on any atom is -0.490 e. The van der Waals surface area contributed by atoms with Gasteiger partial charge in [-0.2, -0.15) is 0 Å². The number of methoxy groups -OCH3 is 1. The average Bonchev–Trinajstić information content (AvgIpc) is 3.15. The molecule has 1 aromatic carbocycles. The molecule has 8 heteroatoms. The van der Waals surface area contributed by atoms with Crippen molar-refractivity contribution in [2.75, 3.05) is 65.5 Å². The molecule has 0 saturated carbocycles. The molecule has 0 spiro atoms. The third-order valence-electron chi connectivity index (χ3n) is 4.68. The number of benzene rings is 1. The van der Waals surface area contributed by atoms with Gasteiger partial charge < -0.3 is 29.7 Å². The Hall–Kier alpha value is -2.29. The number of likely N-dealkylation sites (N-methyl/N-ethyl adjacent to an activating group) is 1. The summed E-state index contributed by atoms with van der Waals surface area (Å²) in [6.07, 6.45) is 1.86. The Kier molecular flexibility index (Phi) is 9.27. The molecule has 1 aliphatic heterocycles. The molecule has 164 valence electrons. The van der Waals surface area contributed by atoms with Gasteiger partial charge in [0.1, 0.15) is 0 Å². The molecule has 7 nitrogen and oxygen atoms in total. The maximum Gasteiger partial charge on any atom is 0.195 e. The molecule has 1 aliphatic rings. The highest BCUT2D eigenvalue weighted by Gasteiger charge is 2.11. The fraction of sp³-hybridized carbons (Fsp3) is 0.500. The molecule has 1 aromatic heterocycles. The molecule has 3 rings (SSSR count). The molecule has 0 fully saturated rings. The van der Waals surface area contributed by atoms with Crippen molar-refractivity contribution in [3.05, 3.63) is 40.6 Å². The Morgan fingerprint density at radius 3 is 2.87 bits per heavy atom. The summed E-state index contributed by atoms with van der Waals surface area (Å²) < 4.78 is 16.7. The van der Waals surface area contributed by atoms with Gasteiger partial charge in [-0.25, -0.2) is 0 Å². The maximum atomic E-state index is 5.81. The number of thiophene rings is 1. The van der Waals surface area contributed by atoms with E-state index in [1.165, 1.54) is 4.88 Å². The van der Waals surface area contributed by atoms with E-state index < -0.39 is 0 Å². The first-order valence-electron chi connectivity index (χ1n) is 10.4. The summed E-state index contributed by atoms with van der Waals surface area (Å²) in [5, 5.41) is 8.96. The number of rotatable bonds is 10. The Bertz CT molecular complexity index is 783. The van der Waals surface area contributed by atoms with E-state index in [-0.39, 0.29) is 0 Å². The van der Waals surface area contributed by atoms with Gasteiger partial charge in [0.25, 0.3) is 0 Å². The average molecular weight is 433 g/mol. The monoisotopic (exact) mass is 432 g/mol. The van der Waals surface area contributed by atoms with E-state index in [1.54, 1.807) is 18.4 Å². The van der Waals surface area contributed by atoms with Crippen LogP contribution in [0.1, 0.15) is 11.3 Å². The van der Waals surface area contributed by atoms with Crippen molar-refractivity contribution in [1.29, 1.82) is 0 Å². The third kappa shape index (κ3) is 7.51. The van der Waals surface area contributed by atoms with Crippen molar-refractivity contribution in [3.63, 3.8) is 0 Å². The quantitative estimate of drug-likeness (QED) is 0.444. The van der Waals surface area contributed by atoms with Gasteiger partial charge in [0.15, 0.2) is 17.5 Å². The Morgan fingerprint density at radius 1 is 1.20 bits per heavy atom. The predicted octanol–water partition coefficient (Wildman–Crippen LogP) is 3.09. The van der Waals surface area contributed by atoms with Gasteiger partial charge in [-0.1, -0.05) is 6.07 Å². The Morgan fingerprint density at radius 2 is 2.07 bits per heavy atom. The normalized spacial score (nSPS) is 13.9. The van der Waals surface area contributed by atoms with Crippen LogP contribution in [0.15, 0.2) is 40.7 Å². The summed E-state index contributed by atoms with van der Waals surface area (Å²) in [6.45, 7) is 5.35. The molecular weight excluding hydrogens is 400 g/mol. The molecule has 2 aromatic rings. The number of hydrogen-bond donors (Lipinski definition) is 2. The van der Waals surface area contributed by atoms with E-state index in [4.69, 9.17) is 19.2 Å². The number of nitrogens with zero attached hydrogens (tertiary/aromatic N) is 2. The highest BCUT2D eigenvalue weighted by atomic mass is 32.1. The molecule has 0 unspecified atom stereocenters. The lowest BCUT2D eigenvalue weighted by Gasteiger charge is -2.17. The lowest BCUT2D eigenvalue weighted by molar-refractivity contribution is 0.163. The number of aliphatic imine (C=N–C) groups is 1. The van der Waals surface area contributed by atoms with Crippen LogP contribution in [0.25, 0.3) is 0 Å². The number of guanidine groups is 1. The summed E-state index contributed by atoms with van der Waals surface area (Å²) in [4.78, 5) is 8.33. The van der Waals surface area contributed by atoms with Crippen molar-refractivity contribution < 1.29 is 14.2 Å². The largest absolute Gasteiger partial charge is 0.490 e. The second kappa shape index (κ2) is 12.4. The number of nitrogens with one attached hydrogen (secondary N) is 2. The van der Waals surface area contributed by atoms with Crippen LogP contribution in [0, 0.1) is 0 Å². The van der Waals surface area contributed by atoms with Crippen LogP contribution >= 0.6 is 11.3 Å². The molecular formula is C22H32N4O3S. The van der Waals surface area contributed by atoms with E-state index in [0.717, 1.165) is 62.2 Å². The zero-order chi connectivity index (χ0) is 21.0. The molecule has 30 heavy (non-hydrogen) atoms. The second-order valence-electron chi connectivity index (χ2n) is 7.12. The van der Waals surface area contributed by atoms with Crippen LogP contribution in [0.5, 0.6) is 11.5 Å². The van der Waals surface area contributed by atoms with Crippen LogP contribution in [0.2, 0.25) is 0 Å². The van der Waals surface area contributed by atoms with Gasteiger partial charge in [-0.05, 0) is 37.0 Å². The van der Waals surface area contributed by atoms with Crippen molar-refractivity contribution in [2.45, 2.75) is 12.8 Å². The van der Waals surface area contributed by atoms with Crippen LogP contribution in [-0.4, -0.2) is 71.0 Å². The topological polar surface area (TPSA) is 67.4 Å². The Labute approximate surface area is 183 Å². The first-order chi connectivity index (χ1) is 14.7. The fourth-order valence-electron chi connectivity index (χ4n) is 2.97. The molecule has 2 heterocycles. The van der Waals surface area contributed by atoms with Gasteiger partial charge in [0.2, 0.25) is 0 Å². The van der Waals surface area contributed by atoms with Crippen LogP contribution < -0.4 is 20.1 Å². The standard InChI is InChI=1S/C22H32N4O3S/c1-26(12-15-27-2)11-10-24-22(23-9-8-19-5-3-16-30-19)25-18-6-7-20-21(17-18)29-14-4-13-28-20/h3,5-7,16-17H,4,8-15H2,1-2H3,(H2,23,24,25). The van der Waals surface area contributed by atoms with Crippen LogP contribution in [-0.2, 0) is 11.2 Å². The number of ether oxygens (including phenoxy) is 3. The highest BCUT2D eigenvalue weighted by Crippen LogP contribution is 2.32. The van der Waals surface area contributed by atoms with Crippen molar-refractivity contribution in [3.8, 4) is 11.5 Å². The van der Waals surface area contributed by atoms with E-state index in [0.29, 0.717) is 19.8 Å². The summed E-state index contributed by atoms with van der Waals surface area (Å²) in [5.41, 5.74) is 0.925. The van der Waals surface area contributed by atoms with E-state index in [2.05, 4.69) is 40.1 Å². The molecule has 0 bridgehead atoms. The van der Waals surface area contributed by atoms with Gasteiger partial charge in [-0.15, -0.1) is 11.3 Å². The first-order valence-corrected chi connectivity index (χ1v) is 11.3. The van der Waals surface area contributed by atoms with Crippen LogP contribution in [0.3, 0.4) is 0 Å². The lowest BCUT2D eigenvalue weighted by atomic mass is 10.2. The minimum absolute atomic E-state index is 0.671. The van der Waals surface area contributed by atoms with E-state index in [9.17, 15) is 0 Å². The lowest BCUT2D eigenvalue weighted by Crippen LogP contribution is -2.33. The molecule has 0 aliphatic carbocycles. The summed E-state index contributed by atoms with van der Waals surface area (Å²) in [6, 6.07) is 10.2. The summed E-state index contributed by atoms with van der Waals surface area (Å²) in [5.74, 6) is 2.33. The number of hydrogen-bond acceptors (Lipinski definition) is 6. The second-order valence-corrected chi connectivity index (χ2v) is 8.15. The maximum absolute atomic E-state index is 5.81. The van der Waals surface area contributed by atoms with Gasteiger partial charge in [0.05, 0.1) is 26.4 Å².